The van der Waals surface area contributed by atoms with Gasteiger partial charge in [0.1, 0.15) is 0 Å². The molecule has 0 aliphatic carbocycles. The second-order valence-corrected chi connectivity index (χ2v) is 3.44. The van der Waals surface area contributed by atoms with Gasteiger partial charge in [0.05, 0.1) is 4.55 Å². The molecule has 1 fully saturated rings. The molecule has 0 radical (unpaired) electrons. The van der Waals surface area contributed by atoms with E-state index in [1.807, 2.05) is 0 Å². The monoisotopic (exact) mass is 284 g/mol. The van der Waals surface area contributed by atoms with Crippen LogP contribution in [0.5, 0.6) is 0 Å². The van der Waals surface area contributed by atoms with E-state index in [9.17, 15) is 4.79 Å². The molecule has 0 spiro atoms. The van der Waals surface area contributed by atoms with Gasteiger partial charge in [-0.2, -0.15) is 0 Å². The predicted octanol–water partition coefficient (Wildman–Crippen LogP) is 1.51. The molecule has 0 atom stereocenters. The molecule has 1 rings (SSSR count). The molecule has 1 N–H and O–H groups in total. The average Bonchev–Trinajstić information content (AvgIpc) is 2.06. The van der Waals surface area contributed by atoms with E-state index in [4.69, 9.17) is 4.84 Å². The number of piperidine rings is 1. The second-order valence-electron chi connectivity index (χ2n) is 2.68. The molecule has 70 valence electrons. The smallest absolute Gasteiger partial charge is 0.351 e. The number of amides is 1. The molecule has 0 saturated carbocycles. The molecular formula is C7H13IN2O2. The number of hydrogen-bond donors (Lipinski definition) is 1. The van der Waals surface area contributed by atoms with Crippen molar-refractivity contribution in [1.29, 1.82) is 0 Å². The van der Waals surface area contributed by atoms with Gasteiger partial charge in [-0.05, 0) is 12.8 Å². The van der Waals surface area contributed by atoms with Gasteiger partial charge >= 0.3 is 6.09 Å². The summed E-state index contributed by atoms with van der Waals surface area (Å²) in [6.07, 6.45) is 3.15. The Bertz CT molecular complexity index is 148. The maximum absolute atomic E-state index is 10.9. The zero-order valence-electron chi connectivity index (χ0n) is 6.88. The van der Waals surface area contributed by atoms with Crippen molar-refractivity contribution in [3.8, 4) is 0 Å². The number of nitrogens with zero attached hydrogens (tertiary/aromatic N) is 1. The highest BCUT2D eigenvalue weighted by molar-refractivity contribution is 14.1. The Hall–Kier alpha value is -0.0400. The Morgan fingerprint density at radius 1 is 1.42 bits per heavy atom. The molecule has 0 aromatic rings. The lowest BCUT2D eigenvalue weighted by Crippen LogP contribution is -2.36. The standard InChI is InChI=1S/C7H13IN2O2/c8-6-9-7(11)12-10-4-2-1-3-5-10/h1-6H2,(H,9,11). The summed E-state index contributed by atoms with van der Waals surface area (Å²) in [6.45, 7) is 1.74. The van der Waals surface area contributed by atoms with Gasteiger partial charge in [0.25, 0.3) is 0 Å². The van der Waals surface area contributed by atoms with Crippen molar-refractivity contribution in [3.63, 3.8) is 0 Å². The van der Waals surface area contributed by atoms with Crippen LogP contribution in [0.15, 0.2) is 0 Å². The molecule has 1 heterocycles. The van der Waals surface area contributed by atoms with E-state index in [2.05, 4.69) is 27.9 Å². The molecule has 12 heavy (non-hydrogen) atoms. The molecule has 1 aliphatic heterocycles. The first-order valence-electron chi connectivity index (χ1n) is 4.09. The minimum absolute atomic E-state index is 0.341. The highest BCUT2D eigenvalue weighted by atomic mass is 127. The van der Waals surface area contributed by atoms with Gasteiger partial charge in [-0.3, -0.25) is 0 Å². The van der Waals surface area contributed by atoms with Crippen LogP contribution in [0.2, 0.25) is 0 Å². The van der Waals surface area contributed by atoms with Crippen molar-refractivity contribution in [2.75, 3.05) is 17.6 Å². The molecule has 0 bridgehead atoms. The highest BCUT2D eigenvalue weighted by Gasteiger charge is 2.13. The lowest BCUT2D eigenvalue weighted by atomic mass is 10.2. The molecule has 0 aromatic carbocycles. The molecule has 4 nitrogen and oxygen atoms in total. The van der Waals surface area contributed by atoms with Crippen molar-refractivity contribution in [2.24, 2.45) is 0 Å². The Balaban J connectivity index is 2.15. The Morgan fingerprint density at radius 3 is 2.67 bits per heavy atom. The summed E-state index contributed by atoms with van der Waals surface area (Å²) in [7, 11) is 0. The van der Waals surface area contributed by atoms with Crippen LogP contribution < -0.4 is 5.32 Å². The van der Waals surface area contributed by atoms with E-state index in [-0.39, 0.29) is 6.09 Å². The third-order valence-corrected chi connectivity index (χ3v) is 2.12. The predicted molar refractivity (Wildman–Crippen MR) is 53.9 cm³/mol. The summed E-state index contributed by atoms with van der Waals surface area (Å²) in [5, 5.41) is 4.30. The first kappa shape index (κ1) is 10.0. The molecular weight excluding hydrogens is 271 g/mol. The Kier molecular flexibility index (Phi) is 4.67. The number of rotatable bonds is 2. The minimum Gasteiger partial charge on any atom is -0.351 e. The van der Waals surface area contributed by atoms with Crippen LogP contribution in [0, 0.1) is 0 Å². The first-order valence-corrected chi connectivity index (χ1v) is 5.62. The van der Waals surface area contributed by atoms with Gasteiger partial charge in [0.2, 0.25) is 0 Å². The number of alkyl halides is 1. The van der Waals surface area contributed by atoms with Crippen LogP contribution in [0.25, 0.3) is 0 Å². The van der Waals surface area contributed by atoms with Gasteiger partial charge in [-0.25, -0.2) is 4.79 Å². The molecule has 0 unspecified atom stereocenters. The van der Waals surface area contributed by atoms with Gasteiger partial charge in [0, 0.05) is 13.1 Å². The summed E-state index contributed by atoms with van der Waals surface area (Å²) < 4.78 is 0.588. The molecule has 0 aromatic heterocycles. The SMILES string of the molecule is O=C(NCI)ON1CCCCC1. The van der Waals surface area contributed by atoms with Gasteiger partial charge in [-0.1, -0.05) is 29.0 Å². The number of nitrogens with one attached hydrogen (secondary N) is 1. The highest BCUT2D eigenvalue weighted by Crippen LogP contribution is 2.08. The summed E-state index contributed by atoms with van der Waals surface area (Å²) in [5.41, 5.74) is 0. The summed E-state index contributed by atoms with van der Waals surface area (Å²) in [6, 6.07) is 0. The summed E-state index contributed by atoms with van der Waals surface area (Å²) in [5.74, 6) is 0. The lowest BCUT2D eigenvalue weighted by Gasteiger charge is -2.24. The largest absolute Gasteiger partial charge is 0.426 e. The van der Waals surface area contributed by atoms with E-state index in [0.29, 0.717) is 4.55 Å². The quantitative estimate of drug-likeness (QED) is 0.475. The third-order valence-electron chi connectivity index (χ3n) is 1.74. The Labute approximate surface area is 85.7 Å². The maximum atomic E-state index is 10.9. The van der Waals surface area contributed by atoms with E-state index < -0.39 is 0 Å². The van der Waals surface area contributed by atoms with Crippen molar-refractivity contribution >= 4 is 28.7 Å². The van der Waals surface area contributed by atoms with Crippen LogP contribution >= 0.6 is 22.6 Å². The molecule has 1 aliphatic rings. The van der Waals surface area contributed by atoms with Crippen molar-refractivity contribution in [1.82, 2.24) is 10.4 Å². The van der Waals surface area contributed by atoms with Crippen molar-refractivity contribution in [2.45, 2.75) is 19.3 Å². The lowest BCUT2D eigenvalue weighted by molar-refractivity contribution is -0.110. The summed E-state index contributed by atoms with van der Waals surface area (Å²) in [4.78, 5) is 15.9. The van der Waals surface area contributed by atoms with E-state index >= 15 is 0 Å². The fraction of sp³-hybridized carbons (Fsp3) is 0.857. The number of carbonyl (C=O) groups excluding carboxylic acids is 1. The molecule has 5 heteroatoms. The van der Waals surface area contributed by atoms with Crippen molar-refractivity contribution < 1.29 is 9.63 Å². The average molecular weight is 284 g/mol. The van der Waals surface area contributed by atoms with Gasteiger partial charge in [0.15, 0.2) is 0 Å². The van der Waals surface area contributed by atoms with Crippen LogP contribution in [0.1, 0.15) is 19.3 Å². The number of hydrogen-bond acceptors (Lipinski definition) is 3. The Morgan fingerprint density at radius 2 is 2.08 bits per heavy atom. The number of hydroxylamine groups is 2. The zero-order valence-corrected chi connectivity index (χ0v) is 9.04. The second kappa shape index (κ2) is 5.58. The fourth-order valence-electron chi connectivity index (χ4n) is 1.16. The van der Waals surface area contributed by atoms with E-state index in [1.165, 1.54) is 6.42 Å². The molecule has 1 saturated heterocycles. The van der Waals surface area contributed by atoms with Gasteiger partial charge in [-0.15, -0.1) is 5.06 Å². The van der Waals surface area contributed by atoms with Crippen LogP contribution in [0.4, 0.5) is 4.79 Å². The third kappa shape index (κ3) is 3.57. The maximum Gasteiger partial charge on any atom is 0.426 e. The summed E-state index contributed by atoms with van der Waals surface area (Å²) >= 11 is 2.07. The normalized spacial score (nSPS) is 18.8. The zero-order chi connectivity index (χ0) is 8.81. The van der Waals surface area contributed by atoms with Crippen LogP contribution in [0.3, 0.4) is 0 Å². The van der Waals surface area contributed by atoms with E-state index in [0.717, 1.165) is 25.9 Å². The van der Waals surface area contributed by atoms with Crippen LogP contribution in [-0.4, -0.2) is 28.8 Å². The van der Waals surface area contributed by atoms with E-state index in [1.54, 1.807) is 5.06 Å². The first-order chi connectivity index (χ1) is 5.83. The number of halogens is 1. The minimum atomic E-state index is -0.341. The van der Waals surface area contributed by atoms with Gasteiger partial charge < -0.3 is 10.2 Å². The number of carbonyl (C=O) groups is 1. The van der Waals surface area contributed by atoms with Crippen LogP contribution in [-0.2, 0) is 4.84 Å². The fourth-order valence-corrected chi connectivity index (χ4v) is 1.47. The topological polar surface area (TPSA) is 41.6 Å². The van der Waals surface area contributed by atoms with Crippen molar-refractivity contribution in [3.05, 3.63) is 0 Å². The molecule has 1 amide bonds.